The van der Waals surface area contributed by atoms with Gasteiger partial charge in [0.2, 0.25) is 0 Å². The molecule has 84 valence electrons. The maximum absolute atomic E-state index is 11.8. The molecule has 0 spiro atoms. The zero-order chi connectivity index (χ0) is 11.1. The average Bonchev–Trinajstić information content (AvgIpc) is 2.41. The van der Waals surface area contributed by atoms with Crippen molar-refractivity contribution < 1.29 is 9.53 Å². The van der Waals surface area contributed by atoms with Crippen molar-refractivity contribution in [3.05, 3.63) is 11.3 Å². The first-order valence-electron chi connectivity index (χ1n) is 5.91. The number of hydrogen-bond acceptors (Lipinski definition) is 2. The lowest BCUT2D eigenvalue weighted by Crippen LogP contribution is -2.23. The Bertz CT molecular complexity index is 301. The highest BCUT2D eigenvalue weighted by Gasteiger charge is 2.41. The van der Waals surface area contributed by atoms with E-state index in [1.165, 1.54) is 12.8 Å². The second kappa shape index (κ2) is 3.78. The Morgan fingerprint density at radius 3 is 2.60 bits per heavy atom. The summed E-state index contributed by atoms with van der Waals surface area (Å²) >= 11 is 0. The van der Waals surface area contributed by atoms with Crippen molar-refractivity contribution in [2.45, 2.75) is 51.4 Å². The summed E-state index contributed by atoms with van der Waals surface area (Å²) in [5, 5.41) is 0. The van der Waals surface area contributed by atoms with E-state index < -0.39 is 8.07 Å². The molecule has 2 aliphatic rings. The Hall–Kier alpha value is -0.573. The van der Waals surface area contributed by atoms with Crippen LogP contribution in [0.1, 0.15) is 25.7 Å². The van der Waals surface area contributed by atoms with Crippen molar-refractivity contribution in [3.8, 4) is 0 Å². The predicted molar refractivity (Wildman–Crippen MR) is 63.3 cm³/mol. The topological polar surface area (TPSA) is 26.3 Å². The smallest absolute Gasteiger partial charge is 0.334 e. The summed E-state index contributed by atoms with van der Waals surface area (Å²) in [6.45, 7) is 6.80. The van der Waals surface area contributed by atoms with Crippen LogP contribution in [0.5, 0.6) is 0 Å². The molecular formula is C12H20O2Si. The lowest BCUT2D eigenvalue weighted by molar-refractivity contribution is -0.139. The summed E-state index contributed by atoms with van der Waals surface area (Å²) in [5.41, 5.74) is 3.24. The van der Waals surface area contributed by atoms with Gasteiger partial charge in [0.25, 0.3) is 0 Å². The Morgan fingerprint density at radius 2 is 1.93 bits per heavy atom. The molecule has 15 heavy (non-hydrogen) atoms. The van der Waals surface area contributed by atoms with Gasteiger partial charge in [0.05, 0.1) is 8.07 Å². The molecule has 0 aromatic rings. The zero-order valence-corrected chi connectivity index (χ0v) is 10.9. The van der Waals surface area contributed by atoms with Crippen LogP contribution in [0.25, 0.3) is 0 Å². The Labute approximate surface area is 92.7 Å². The van der Waals surface area contributed by atoms with E-state index in [1.54, 1.807) is 0 Å². The van der Waals surface area contributed by atoms with Crippen molar-refractivity contribution in [3.63, 3.8) is 0 Å². The van der Waals surface area contributed by atoms with Crippen LogP contribution < -0.4 is 0 Å². The fraction of sp³-hybridized carbons (Fsp3) is 0.750. The molecule has 0 amide bonds. The minimum Gasteiger partial charge on any atom is -0.458 e. The summed E-state index contributed by atoms with van der Waals surface area (Å²) in [5.74, 6) is 0.382. The van der Waals surface area contributed by atoms with E-state index >= 15 is 0 Å². The highest BCUT2D eigenvalue weighted by Crippen LogP contribution is 2.39. The summed E-state index contributed by atoms with van der Waals surface area (Å²) in [7, 11) is -1.30. The Morgan fingerprint density at radius 1 is 1.27 bits per heavy atom. The second-order valence-corrected chi connectivity index (χ2v) is 10.8. The van der Waals surface area contributed by atoms with Gasteiger partial charge in [-0.25, -0.2) is 4.79 Å². The molecule has 2 rings (SSSR count). The normalized spacial score (nSPS) is 34.1. The SMILES string of the molecule is C[Si](C)(C)/C=C1/C(=O)O[C@@H]2CCCC[C@@H]12. The molecular weight excluding hydrogens is 204 g/mol. The molecule has 2 fully saturated rings. The minimum absolute atomic E-state index is 0.0330. The maximum atomic E-state index is 11.8. The molecule has 1 saturated heterocycles. The molecule has 0 bridgehead atoms. The maximum Gasteiger partial charge on any atom is 0.334 e. The van der Waals surface area contributed by atoms with Crippen molar-refractivity contribution >= 4 is 14.0 Å². The van der Waals surface area contributed by atoms with Crippen LogP contribution in [0.4, 0.5) is 0 Å². The number of hydrogen-bond donors (Lipinski definition) is 0. The lowest BCUT2D eigenvalue weighted by atomic mass is 9.84. The second-order valence-electron chi connectivity index (χ2n) is 5.80. The quantitative estimate of drug-likeness (QED) is 0.389. The van der Waals surface area contributed by atoms with E-state index in [4.69, 9.17) is 4.74 Å². The van der Waals surface area contributed by atoms with E-state index in [9.17, 15) is 4.79 Å². The van der Waals surface area contributed by atoms with Crippen molar-refractivity contribution in [1.82, 2.24) is 0 Å². The molecule has 1 saturated carbocycles. The van der Waals surface area contributed by atoms with Crippen molar-refractivity contribution in [2.24, 2.45) is 5.92 Å². The van der Waals surface area contributed by atoms with Gasteiger partial charge < -0.3 is 4.74 Å². The summed E-state index contributed by atoms with van der Waals surface area (Å²) in [6, 6.07) is 0. The predicted octanol–water partition coefficient (Wildman–Crippen LogP) is 2.91. The van der Waals surface area contributed by atoms with E-state index in [0.29, 0.717) is 5.92 Å². The fourth-order valence-electron chi connectivity index (χ4n) is 2.58. The molecule has 0 aromatic heterocycles. The number of ether oxygens (including phenoxy) is 1. The Balaban J connectivity index is 2.24. The molecule has 0 aromatic carbocycles. The van der Waals surface area contributed by atoms with E-state index in [-0.39, 0.29) is 12.1 Å². The van der Waals surface area contributed by atoms with Crippen LogP contribution in [0, 0.1) is 5.92 Å². The van der Waals surface area contributed by atoms with Crippen LogP contribution in [0.3, 0.4) is 0 Å². The van der Waals surface area contributed by atoms with Gasteiger partial charge in [-0.2, -0.15) is 0 Å². The molecule has 0 N–H and O–H groups in total. The van der Waals surface area contributed by atoms with E-state index in [0.717, 1.165) is 18.4 Å². The summed E-state index contributed by atoms with van der Waals surface area (Å²) in [6.07, 6.45) is 4.88. The van der Waals surface area contributed by atoms with Gasteiger partial charge in [0.1, 0.15) is 6.10 Å². The van der Waals surface area contributed by atoms with Gasteiger partial charge in [-0.15, -0.1) is 0 Å². The number of carbonyl (C=O) groups excluding carboxylic acids is 1. The van der Waals surface area contributed by atoms with Crippen LogP contribution in [-0.4, -0.2) is 20.1 Å². The largest absolute Gasteiger partial charge is 0.458 e. The minimum atomic E-state index is -1.30. The first kappa shape index (κ1) is 10.9. The van der Waals surface area contributed by atoms with Crippen LogP contribution in [0.2, 0.25) is 19.6 Å². The van der Waals surface area contributed by atoms with Gasteiger partial charge in [-0.1, -0.05) is 31.8 Å². The first-order chi connectivity index (χ1) is 6.97. The number of carbonyl (C=O) groups is 1. The third kappa shape index (κ3) is 2.33. The molecule has 0 radical (unpaired) electrons. The average molecular weight is 224 g/mol. The van der Waals surface area contributed by atoms with Gasteiger partial charge in [-0.05, 0) is 19.3 Å². The number of esters is 1. The molecule has 1 heterocycles. The van der Waals surface area contributed by atoms with E-state index in [1.807, 2.05) is 0 Å². The lowest BCUT2D eigenvalue weighted by Gasteiger charge is -2.23. The number of fused-ring (bicyclic) bond motifs is 1. The summed E-state index contributed by atoms with van der Waals surface area (Å²) in [4.78, 5) is 11.8. The zero-order valence-electron chi connectivity index (χ0n) is 9.88. The highest BCUT2D eigenvalue weighted by atomic mass is 28.3. The van der Waals surface area contributed by atoms with Crippen LogP contribution in [-0.2, 0) is 9.53 Å². The van der Waals surface area contributed by atoms with E-state index in [2.05, 4.69) is 25.3 Å². The monoisotopic (exact) mass is 224 g/mol. The standard InChI is InChI=1S/C12H20O2Si/c1-15(2,3)8-10-9-6-4-5-7-11(9)14-12(10)13/h8-9,11H,4-7H2,1-3H3/b10-8+/t9-,11+/m0/s1. The molecule has 2 nitrogen and oxygen atoms in total. The Kier molecular flexibility index (Phi) is 2.75. The molecule has 0 unspecified atom stereocenters. The summed E-state index contributed by atoms with van der Waals surface area (Å²) < 4.78 is 5.44. The van der Waals surface area contributed by atoms with Gasteiger partial charge in [-0.3, -0.25) is 0 Å². The van der Waals surface area contributed by atoms with Crippen molar-refractivity contribution in [1.29, 1.82) is 0 Å². The fourth-order valence-corrected chi connectivity index (χ4v) is 3.85. The van der Waals surface area contributed by atoms with Gasteiger partial charge >= 0.3 is 5.97 Å². The molecule has 1 aliphatic carbocycles. The van der Waals surface area contributed by atoms with Crippen molar-refractivity contribution in [2.75, 3.05) is 0 Å². The van der Waals surface area contributed by atoms with Crippen LogP contribution in [0.15, 0.2) is 11.3 Å². The third-order valence-corrected chi connectivity index (χ3v) is 4.36. The van der Waals surface area contributed by atoms with Crippen LogP contribution >= 0.6 is 0 Å². The number of rotatable bonds is 1. The van der Waals surface area contributed by atoms with Gasteiger partial charge in [0.15, 0.2) is 0 Å². The molecule has 3 heteroatoms. The molecule has 1 aliphatic heterocycles. The third-order valence-electron chi connectivity index (χ3n) is 3.18. The molecule has 2 atom stereocenters. The first-order valence-corrected chi connectivity index (χ1v) is 9.49. The van der Waals surface area contributed by atoms with Gasteiger partial charge in [0, 0.05) is 11.5 Å². The highest BCUT2D eigenvalue weighted by molar-refractivity contribution is 6.81.